The van der Waals surface area contributed by atoms with E-state index in [9.17, 15) is 13.2 Å². The Bertz CT molecular complexity index is 808. The van der Waals surface area contributed by atoms with Crippen molar-refractivity contribution in [2.75, 3.05) is 50.5 Å². The van der Waals surface area contributed by atoms with Crippen LogP contribution in [0.25, 0.3) is 0 Å². The largest absolute Gasteiger partial charge is 0.379 e. The molecule has 2 heterocycles. The van der Waals surface area contributed by atoms with Gasteiger partial charge in [0.25, 0.3) is 0 Å². The van der Waals surface area contributed by atoms with Gasteiger partial charge in [0.1, 0.15) is 0 Å². The highest BCUT2D eigenvalue weighted by Gasteiger charge is 2.34. The number of nitrogens with zero attached hydrogens (tertiary/aromatic N) is 2. The summed E-state index contributed by atoms with van der Waals surface area (Å²) in [6.07, 6.45) is 4.98. The molecule has 3 aliphatic rings. The van der Waals surface area contributed by atoms with Gasteiger partial charge in [0.15, 0.2) is 0 Å². The number of carbonyl (C=O) groups excluding carboxylic acids is 1. The summed E-state index contributed by atoms with van der Waals surface area (Å²) in [7, 11) is -3.51. The molecule has 1 saturated carbocycles. The fourth-order valence-corrected chi connectivity index (χ4v) is 7.32. The summed E-state index contributed by atoms with van der Waals surface area (Å²) in [5.41, 5.74) is 0.627. The second kappa shape index (κ2) is 9.34. The zero-order chi connectivity index (χ0) is 20.3. The summed E-state index contributed by atoms with van der Waals surface area (Å²) in [5, 5.41) is 3.59. The molecule has 1 aromatic rings. The van der Waals surface area contributed by atoms with Crippen LogP contribution < -0.4 is 5.32 Å². The summed E-state index contributed by atoms with van der Waals surface area (Å²) in [5.74, 6) is 1.05. The zero-order valence-corrected chi connectivity index (χ0v) is 18.2. The van der Waals surface area contributed by atoms with Gasteiger partial charge >= 0.3 is 0 Å². The number of nitrogens with one attached hydrogen (secondary N) is 1. The molecule has 9 heteroatoms. The van der Waals surface area contributed by atoms with Crippen molar-refractivity contribution in [3.05, 3.63) is 24.3 Å². The second-order valence-corrected chi connectivity index (χ2v) is 11.1. The molecule has 29 heavy (non-hydrogen) atoms. The van der Waals surface area contributed by atoms with E-state index >= 15 is 0 Å². The van der Waals surface area contributed by atoms with Gasteiger partial charge in [-0.2, -0.15) is 16.1 Å². The van der Waals surface area contributed by atoms with Crippen molar-refractivity contribution in [3.8, 4) is 0 Å². The first kappa shape index (κ1) is 21.1. The molecule has 2 atom stereocenters. The molecule has 4 rings (SSSR count). The molecule has 0 bridgehead atoms. The van der Waals surface area contributed by atoms with Gasteiger partial charge in [-0.05, 0) is 37.1 Å². The topological polar surface area (TPSA) is 79.0 Å². The van der Waals surface area contributed by atoms with E-state index < -0.39 is 10.0 Å². The SMILES string of the molecule is O=C(CN1CCS[C@@H]2CCCC[C@H]21)Nc1ccc(S(=O)(=O)N2CCOCC2)cc1. The maximum Gasteiger partial charge on any atom is 0.243 e. The number of hydrogen-bond donors (Lipinski definition) is 1. The van der Waals surface area contributed by atoms with Gasteiger partial charge in [-0.1, -0.05) is 12.8 Å². The van der Waals surface area contributed by atoms with E-state index in [2.05, 4.69) is 22.0 Å². The van der Waals surface area contributed by atoms with Gasteiger partial charge in [0.2, 0.25) is 15.9 Å². The lowest BCUT2D eigenvalue weighted by atomic mass is 9.93. The fourth-order valence-electron chi connectivity index (χ4n) is 4.40. The molecule has 0 aromatic heterocycles. The van der Waals surface area contributed by atoms with E-state index in [1.807, 2.05) is 0 Å². The van der Waals surface area contributed by atoms with Crippen LogP contribution in [0.2, 0.25) is 0 Å². The normalized spacial score (nSPS) is 26.6. The molecule has 1 aliphatic carbocycles. The molecule has 0 unspecified atom stereocenters. The van der Waals surface area contributed by atoms with Gasteiger partial charge in [-0.15, -0.1) is 0 Å². The molecule has 7 nitrogen and oxygen atoms in total. The number of fused-ring (bicyclic) bond motifs is 1. The number of ether oxygens (including phenoxy) is 1. The molecule has 0 spiro atoms. The van der Waals surface area contributed by atoms with Crippen LogP contribution in [0.4, 0.5) is 5.69 Å². The number of amides is 1. The Morgan fingerprint density at radius 3 is 2.59 bits per heavy atom. The van der Waals surface area contributed by atoms with Crippen molar-refractivity contribution in [2.24, 2.45) is 0 Å². The number of thioether (sulfide) groups is 1. The number of sulfonamides is 1. The van der Waals surface area contributed by atoms with Crippen LogP contribution >= 0.6 is 11.8 Å². The van der Waals surface area contributed by atoms with Gasteiger partial charge in [0, 0.05) is 42.4 Å². The van der Waals surface area contributed by atoms with Crippen molar-refractivity contribution in [1.29, 1.82) is 0 Å². The lowest BCUT2D eigenvalue weighted by Crippen LogP contribution is -2.51. The summed E-state index contributed by atoms with van der Waals surface area (Å²) >= 11 is 2.06. The lowest BCUT2D eigenvalue weighted by molar-refractivity contribution is -0.118. The third kappa shape index (κ3) is 4.96. The molecule has 1 amide bonds. The average molecular weight is 440 g/mol. The number of carbonyl (C=O) groups is 1. The highest BCUT2D eigenvalue weighted by molar-refractivity contribution is 8.00. The van der Waals surface area contributed by atoms with E-state index in [0.717, 1.165) is 12.3 Å². The first-order chi connectivity index (χ1) is 14.0. The molecule has 1 aromatic carbocycles. The standard InChI is InChI=1S/C20H29N3O4S2/c24-20(15-22-11-14-28-19-4-2-1-3-18(19)22)21-16-5-7-17(8-6-16)29(25,26)23-9-12-27-13-10-23/h5-8,18-19H,1-4,9-15H2,(H,21,24)/t18-,19-/m1/s1. The Morgan fingerprint density at radius 2 is 1.83 bits per heavy atom. The van der Waals surface area contributed by atoms with Crippen LogP contribution in [0, 0.1) is 0 Å². The first-order valence-electron chi connectivity index (χ1n) is 10.4. The second-order valence-electron chi connectivity index (χ2n) is 7.82. The molecule has 2 saturated heterocycles. The monoisotopic (exact) mass is 439 g/mol. The Kier molecular flexibility index (Phi) is 6.80. The minimum atomic E-state index is -3.51. The quantitative estimate of drug-likeness (QED) is 0.756. The molecular formula is C20H29N3O4S2. The summed E-state index contributed by atoms with van der Waals surface area (Å²) < 4.78 is 32.1. The number of morpholine rings is 1. The molecule has 1 N–H and O–H groups in total. The lowest BCUT2D eigenvalue weighted by Gasteiger charge is -2.43. The Balaban J connectivity index is 1.35. The fraction of sp³-hybridized carbons (Fsp3) is 0.650. The Morgan fingerprint density at radius 1 is 1.10 bits per heavy atom. The van der Waals surface area contributed by atoms with E-state index in [1.54, 1.807) is 24.3 Å². The van der Waals surface area contributed by atoms with Crippen LogP contribution in [0.5, 0.6) is 0 Å². The van der Waals surface area contributed by atoms with E-state index in [-0.39, 0.29) is 10.8 Å². The molecule has 2 aliphatic heterocycles. The molecule has 0 radical (unpaired) electrons. The molecule has 160 valence electrons. The van der Waals surface area contributed by atoms with Gasteiger partial charge in [0.05, 0.1) is 24.7 Å². The third-order valence-electron chi connectivity index (χ3n) is 5.94. The Labute approximate surface area is 177 Å². The third-order valence-corrected chi connectivity index (χ3v) is 9.25. The number of benzene rings is 1. The van der Waals surface area contributed by atoms with Crippen LogP contribution in [0.3, 0.4) is 0 Å². The van der Waals surface area contributed by atoms with Gasteiger partial charge in [-0.25, -0.2) is 8.42 Å². The van der Waals surface area contributed by atoms with Crippen molar-refractivity contribution < 1.29 is 17.9 Å². The highest BCUT2D eigenvalue weighted by Crippen LogP contribution is 2.35. The highest BCUT2D eigenvalue weighted by atomic mass is 32.2. The Hall–Kier alpha value is -1.13. The minimum absolute atomic E-state index is 0.0370. The maximum atomic E-state index is 12.7. The smallest absolute Gasteiger partial charge is 0.243 e. The van der Waals surface area contributed by atoms with Crippen molar-refractivity contribution >= 4 is 33.4 Å². The van der Waals surface area contributed by atoms with Crippen molar-refractivity contribution in [1.82, 2.24) is 9.21 Å². The van der Waals surface area contributed by atoms with E-state index in [1.165, 1.54) is 30.0 Å². The van der Waals surface area contributed by atoms with Crippen LogP contribution in [0.1, 0.15) is 25.7 Å². The predicted octanol–water partition coefficient (Wildman–Crippen LogP) is 2.01. The minimum Gasteiger partial charge on any atom is -0.379 e. The zero-order valence-electron chi connectivity index (χ0n) is 16.6. The van der Waals surface area contributed by atoms with E-state index in [0.29, 0.717) is 49.8 Å². The van der Waals surface area contributed by atoms with Crippen LogP contribution in [-0.4, -0.2) is 80.0 Å². The van der Waals surface area contributed by atoms with Crippen molar-refractivity contribution in [2.45, 2.75) is 41.9 Å². The number of hydrogen-bond acceptors (Lipinski definition) is 6. The number of anilines is 1. The van der Waals surface area contributed by atoms with Gasteiger partial charge < -0.3 is 10.1 Å². The average Bonchev–Trinajstić information content (AvgIpc) is 2.75. The summed E-state index contributed by atoms with van der Waals surface area (Å²) in [6.45, 7) is 2.94. The summed E-state index contributed by atoms with van der Waals surface area (Å²) in [4.78, 5) is 15.2. The molecular weight excluding hydrogens is 410 g/mol. The number of rotatable bonds is 5. The van der Waals surface area contributed by atoms with Gasteiger partial charge in [-0.3, -0.25) is 9.69 Å². The van der Waals surface area contributed by atoms with E-state index in [4.69, 9.17) is 4.74 Å². The van der Waals surface area contributed by atoms with Crippen molar-refractivity contribution in [3.63, 3.8) is 0 Å². The molecule has 3 fully saturated rings. The first-order valence-corrected chi connectivity index (χ1v) is 12.9. The van der Waals surface area contributed by atoms with Crippen LogP contribution in [-0.2, 0) is 19.6 Å². The summed E-state index contributed by atoms with van der Waals surface area (Å²) in [6, 6.07) is 6.97. The predicted molar refractivity (Wildman–Crippen MR) is 115 cm³/mol. The maximum absolute atomic E-state index is 12.7. The van der Waals surface area contributed by atoms with Crippen LogP contribution in [0.15, 0.2) is 29.2 Å².